The van der Waals surface area contributed by atoms with Crippen LogP contribution in [0.3, 0.4) is 0 Å². The van der Waals surface area contributed by atoms with Crippen LogP contribution in [-0.4, -0.2) is 29.4 Å². The molecule has 0 spiro atoms. The Balaban J connectivity index is 2.40. The lowest BCUT2D eigenvalue weighted by Crippen LogP contribution is -2.41. The van der Waals surface area contributed by atoms with Gasteiger partial charge in [-0.15, -0.1) is 0 Å². The van der Waals surface area contributed by atoms with Gasteiger partial charge in [0.25, 0.3) is 0 Å². The number of amides is 1. The molecule has 2 N–H and O–H groups in total. The van der Waals surface area contributed by atoms with Crippen LogP contribution in [0.4, 0.5) is 0 Å². The Labute approximate surface area is 106 Å². The molecule has 2 unspecified atom stereocenters. The fourth-order valence-corrected chi connectivity index (χ4v) is 2.56. The van der Waals surface area contributed by atoms with E-state index in [0.29, 0.717) is 12.5 Å². The first-order valence-electron chi connectivity index (χ1n) is 6.84. The molecule has 0 aromatic rings. The van der Waals surface area contributed by atoms with E-state index in [1.807, 2.05) is 25.8 Å². The van der Waals surface area contributed by atoms with Crippen LogP contribution < -0.4 is 5.73 Å². The minimum Gasteiger partial charge on any atom is -0.343 e. The SMILES string of the molecule is CC1CCCC(N(C)C(=O)CCC(C)(C)N)C1. The normalized spacial score (nSPS) is 25.7. The van der Waals surface area contributed by atoms with Crippen LogP contribution >= 0.6 is 0 Å². The number of nitrogens with two attached hydrogens (primary N) is 1. The smallest absolute Gasteiger partial charge is 0.222 e. The Morgan fingerprint density at radius 3 is 2.59 bits per heavy atom. The first kappa shape index (κ1) is 14.5. The number of hydrogen-bond donors (Lipinski definition) is 1. The summed E-state index contributed by atoms with van der Waals surface area (Å²) in [6, 6.07) is 0.451. The first-order valence-corrected chi connectivity index (χ1v) is 6.84. The number of carbonyl (C=O) groups excluding carboxylic acids is 1. The lowest BCUT2D eigenvalue weighted by Gasteiger charge is -2.34. The summed E-state index contributed by atoms with van der Waals surface area (Å²) in [7, 11) is 1.95. The number of rotatable bonds is 4. The standard InChI is InChI=1S/C14H28N2O/c1-11-6-5-7-12(10-11)16(4)13(17)8-9-14(2,3)15/h11-12H,5-10,15H2,1-4H3. The van der Waals surface area contributed by atoms with Crippen molar-refractivity contribution in [1.29, 1.82) is 0 Å². The van der Waals surface area contributed by atoms with E-state index in [1.165, 1.54) is 19.3 Å². The van der Waals surface area contributed by atoms with Gasteiger partial charge in [0, 0.05) is 25.0 Å². The van der Waals surface area contributed by atoms with Gasteiger partial charge in [-0.1, -0.05) is 19.8 Å². The van der Waals surface area contributed by atoms with Gasteiger partial charge < -0.3 is 10.6 Å². The van der Waals surface area contributed by atoms with Crippen molar-refractivity contribution in [2.45, 2.75) is 70.9 Å². The molecule has 1 aliphatic carbocycles. The van der Waals surface area contributed by atoms with E-state index in [2.05, 4.69) is 6.92 Å². The molecule has 0 radical (unpaired) electrons. The zero-order valence-electron chi connectivity index (χ0n) is 11.8. The van der Waals surface area contributed by atoms with Gasteiger partial charge in [0.05, 0.1) is 0 Å². The molecule has 0 saturated heterocycles. The molecule has 1 amide bonds. The minimum absolute atomic E-state index is 0.240. The van der Waals surface area contributed by atoms with E-state index in [4.69, 9.17) is 5.73 Å². The molecule has 0 aromatic heterocycles. The monoisotopic (exact) mass is 240 g/mol. The molecule has 3 heteroatoms. The predicted octanol–water partition coefficient (Wildman–Crippen LogP) is 2.54. The summed E-state index contributed by atoms with van der Waals surface area (Å²) in [5.41, 5.74) is 5.67. The minimum atomic E-state index is -0.240. The van der Waals surface area contributed by atoms with E-state index >= 15 is 0 Å². The van der Waals surface area contributed by atoms with E-state index in [0.717, 1.165) is 18.8 Å². The van der Waals surface area contributed by atoms with Gasteiger partial charge in [0.1, 0.15) is 0 Å². The van der Waals surface area contributed by atoms with Gasteiger partial charge >= 0.3 is 0 Å². The molecule has 0 aromatic carbocycles. The highest BCUT2D eigenvalue weighted by atomic mass is 16.2. The van der Waals surface area contributed by atoms with Gasteiger partial charge in [0.15, 0.2) is 0 Å². The van der Waals surface area contributed by atoms with Gasteiger partial charge in [-0.2, -0.15) is 0 Å². The van der Waals surface area contributed by atoms with Crippen molar-refractivity contribution in [2.75, 3.05) is 7.05 Å². The molecule has 0 heterocycles. The molecular formula is C14H28N2O. The average Bonchev–Trinajstić information content (AvgIpc) is 2.24. The van der Waals surface area contributed by atoms with Crippen LogP contribution in [0.2, 0.25) is 0 Å². The molecule has 1 saturated carbocycles. The van der Waals surface area contributed by atoms with E-state index in [-0.39, 0.29) is 11.4 Å². The van der Waals surface area contributed by atoms with Gasteiger partial charge in [-0.05, 0) is 39.0 Å². The van der Waals surface area contributed by atoms with Crippen molar-refractivity contribution in [3.63, 3.8) is 0 Å². The largest absolute Gasteiger partial charge is 0.343 e. The molecule has 1 aliphatic rings. The summed E-state index contributed by atoms with van der Waals surface area (Å²) >= 11 is 0. The summed E-state index contributed by atoms with van der Waals surface area (Å²) in [6.07, 6.45) is 6.23. The second-order valence-corrected chi connectivity index (χ2v) is 6.42. The highest BCUT2D eigenvalue weighted by Crippen LogP contribution is 2.27. The maximum atomic E-state index is 12.1. The van der Waals surface area contributed by atoms with Crippen molar-refractivity contribution in [1.82, 2.24) is 4.90 Å². The Morgan fingerprint density at radius 1 is 1.41 bits per heavy atom. The molecule has 1 fully saturated rings. The Morgan fingerprint density at radius 2 is 2.06 bits per heavy atom. The van der Waals surface area contributed by atoms with Crippen LogP contribution in [0.25, 0.3) is 0 Å². The zero-order valence-corrected chi connectivity index (χ0v) is 11.8. The van der Waals surface area contributed by atoms with Crippen LogP contribution in [-0.2, 0) is 4.79 Å². The fraction of sp³-hybridized carbons (Fsp3) is 0.929. The maximum Gasteiger partial charge on any atom is 0.222 e. The Hall–Kier alpha value is -0.570. The predicted molar refractivity (Wildman–Crippen MR) is 71.7 cm³/mol. The quantitative estimate of drug-likeness (QED) is 0.821. The Kier molecular flexibility index (Phi) is 4.99. The summed E-state index contributed by atoms with van der Waals surface area (Å²) in [5, 5.41) is 0. The highest BCUT2D eigenvalue weighted by Gasteiger charge is 2.25. The molecule has 0 aliphatic heterocycles. The molecule has 1 rings (SSSR count). The van der Waals surface area contributed by atoms with Crippen molar-refractivity contribution in [2.24, 2.45) is 11.7 Å². The van der Waals surface area contributed by atoms with Crippen molar-refractivity contribution >= 4 is 5.91 Å². The number of nitrogens with zero attached hydrogens (tertiary/aromatic N) is 1. The fourth-order valence-electron chi connectivity index (χ4n) is 2.56. The zero-order chi connectivity index (χ0) is 13.1. The van der Waals surface area contributed by atoms with Crippen molar-refractivity contribution in [3.8, 4) is 0 Å². The second-order valence-electron chi connectivity index (χ2n) is 6.42. The van der Waals surface area contributed by atoms with E-state index in [9.17, 15) is 4.79 Å². The van der Waals surface area contributed by atoms with Crippen LogP contribution in [0, 0.1) is 5.92 Å². The Bertz CT molecular complexity index is 257. The lowest BCUT2D eigenvalue weighted by molar-refractivity contribution is -0.133. The second kappa shape index (κ2) is 5.85. The first-order chi connectivity index (χ1) is 7.79. The van der Waals surface area contributed by atoms with Crippen molar-refractivity contribution in [3.05, 3.63) is 0 Å². The highest BCUT2D eigenvalue weighted by molar-refractivity contribution is 5.76. The van der Waals surface area contributed by atoms with Crippen LogP contribution in [0.5, 0.6) is 0 Å². The summed E-state index contributed by atoms with van der Waals surface area (Å²) in [5.74, 6) is 1.01. The number of carbonyl (C=O) groups is 1. The summed E-state index contributed by atoms with van der Waals surface area (Å²) in [4.78, 5) is 14.0. The number of hydrogen-bond acceptors (Lipinski definition) is 2. The van der Waals surface area contributed by atoms with Crippen molar-refractivity contribution < 1.29 is 4.79 Å². The van der Waals surface area contributed by atoms with Gasteiger partial charge in [0.2, 0.25) is 5.91 Å². The molecule has 17 heavy (non-hydrogen) atoms. The molecular weight excluding hydrogens is 212 g/mol. The molecule has 3 nitrogen and oxygen atoms in total. The third kappa shape index (κ3) is 5.07. The van der Waals surface area contributed by atoms with E-state index in [1.54, 1.807) is 0 Å². The topological polar surface area (TPSA) is 46.3 Å². The van der Waals surface area contributed by atoms with Crippen LogP contribution in [0.1, 0.15) is 59.3 Å². The van der Waals surface area contributed by atoms with E-state index < -0.39 is 0 Å². The molecule has 2 atom stereocenters. The van der Waals surface area contributed by atoms with Gasteiger partial charge in [-0.25, -0.2) is 0 Å². The molecule has 100 valence electrons. The maximum absolute atomic E-state index is 12.1. The lowest BCUT2D eigenvalue weighted by atomic mass is 9.86. The summed E-state index contributed by atoms with van der Waals surface area (Å²) in [6.45, 7) is 6.24. The third-order valence-electron chi connectivity index (χ3n) is 3.83. The summed E-state index contributed by atoms with van der Waals surface area (Å²) < 4.78 is 0. The third-order valence-corrected chi connectivity index (χ3v) is 3.83. The molecule has 0 bridgehead atoms. The van der Waals surface area contributed by atoms with Crippen LogP contribution in [0.15, 0.2) is 0 Å². The van der Waals surface area contributed by atoms with Gasteiger partial charge in [-0.3, -0.25) is 4.79 Å². The average molecular weight is 240 g/mol.